The van der Waals surface area contributed by atoms with E-state index in [1.807, 2.05) is 12.1 Å². The highest BCUT2D eigenvalue weighted by atomic mass is 127. The van der Waals surface area contributed by atoms with Crippen LogP contribution in [-0.4, -0.2) is 47.5 Å². The molecule has 2 aromatic rings. The van der Waals surface area contributed by atoms with E-state index in [2.05, 4.69) is 15.6 Å². The van der Waals surface area contributed by atoms with Gasteiger partial charge in [-0.15, -0.1) is 24.0 Å². The molecule has 2 aromatic carbocycles. The van der Waals surface area contributed by atoms with Crippen LogP contribution in [0.5, 0.6) is 23.0 Å². The molecule has 2 N–H and O–H groups in total. The third-order valence-corrected chi connectivity index (χ3v) is 4.25. The zero-order valence-electron chi connectivity index (χ0n) is 18.2. The molecule has 0 saturated carbocycles. The van der Waals surface area contributed by atoms with E-state index in [-0.39, 0.29) is 30.6 Å². The molecule has 0 atom stereocenters. The number of nitrogens with zero attached hydrogens (tertiary/aromatic N) is 1. The van der Waals surface area contributed by atoms with Gasteiger partial charge in [0.15, 0.2) is 17.5 Å². The molecule has 0 fully saturated rings. The van der Waals surface area contributed by atoms with Crippen LogP contribution in [0.2, 0.25) is 0 Å². The van der Waals surface area contributed by atoms with Gasteiger partial charge in [-0.2, -0.15) is 13.2 Å². The maximum Gasteiger partial charge on any atom is 0.416 e. The Hall–Kier alpha value is -2.57. The molecule has 7 nitrogen and oxygen atoms in total. The normalized spacial score (nSPS) is 11.3. The van der Waals surface area contributed by atoms with Gasteiger partial charge < -0.3 is 29.6 Å². The Bertz CT molecular complexity index is 853. The number of alkyl halides is 3. The molecule has 0 radical (unpaired) electrons. The summed E-state index contributed by atoms with van der Waals surface area (Å²) in [6, 6.07) is 8.21. The van der Waals surface area contributed by atoms with Crippen molar-refractivity contribution in [1.82, 2.24) is 10.6 Å². The van der Waals surface area contributed by atoms with Crippen LogP contribution in [0.3, 0.4) is 0 Å². The summed E-state index contributed by atoms with van der Waals surface area (Å²) < 4.78 is 59.2. The highest BCUT2D eigenvalue weighted by Crippen LogP contribution is 2.38. The summed E-state index contributed by atoms with van der Waals surface area (Å²) >= 11 is 0. The molecule has 0 spiro atoms. The predicted molar refractivity (Wildman–Crippen MR) is 127 cm³/mol. The molecule has 0 aliphatic heterocycles. The van der Waals surface area contributed by atoms with Crippen molar-refractivity contribution in [3.63, 3.8) is 0 Å². The van der Waals surface area contributed by atoms with Gasteiger partial charge in [-0.3, -0.25) is 4.99 Å². The second-order valence-corrected chi connectivity index (χ2v) is 6.26. The maximum atomic E-state index is 12.6. The number of halogens is 4. The van der Waals surface area contributed by atoms with E-state index in [9.17, 15) is 13.2 Å². The lowest BCUT2D eigenvalue weighted by Gasteiger charge is -2.16. The molecule has 32 heavy (non-hydrogen) atoms. The van der Waals surface area contributed by atoms with E-state index >= 15 is 0 Å². The van der Waals surface area contributed by atoms with Crippen LogP contribution < -0.4 is 29.6 Å². The van der Waals surface area contributed by atoms with E-state index < -0.39 is 11.7 Å². The van der Waals surface area contributed by atoms with Crippen LogP contribution in [0.1, 0.15) is 11.1 Å². The monoisotopic (exact) mass is 569 g/mol. The molecule has 0 amide bonds. The zero-order chi connectivity index (χ0) is 22.9. The van der Waals surface area contributed by atoms with E-state index in [0.29, 0.717) is 42.0 Å². The molecular formula is C21H27F3IN3O4. The summed E-state index contributed by atoms with van der Waals surface area (Å²) in [4.78, 5) is 4.13. The molecule has 0 bridgehead atoms. The van der Waals surface area contributed by atoms with Crippen molar-refractivity contribution in [1.29, 1.82) is 0 Å². The maximum absolute atomic E-state index is 12.6. The summed E-state index contributed by atoms with van der Waals surface area (Å²) in [5.41, 5.74) is 0.174. The first-order valence-electron chi connectivity index (χ1n) is 9.35. The molecule has 178 valence electrons. The van der Waals surface area contributed by atoms with Gasteiger partial charge in [0.2, 0.25) is 5.75 Å². The number of aliphatic imine (C=N–C) groups is 1. The molecule has 0 aliphatic rings. The van der Waals surface area contributed by atoms with Crippen molar-refractivity contribution >= 4 is 29.9 Å². The first-order valence-corrected chi connectivity index (χ1v) is 9.35. The number of methoxy groups -OCH3 is 3. The smallest absolute Gasteiger partial charge is 0.416 e. The fourth-order valence-corrected chi connectivity index (χ4v) is 2.72. The zero-order valence-corrected chi connectivity index (χ0v) is 20.5. The topological polar surface area (TPSA) is 73.3 Å². The Balaban J connectivity index is 0.00000512. The van der Waals surface area contributed by atoms with Gasteiger partial charge in [-0.25, -0.2) is 0 Å². The van der Waals surface area contributed by atoms with Gasteiger partial charge in [0.25, 0.3) is 0 Å². The van der Waals surface area contributed by atoms with Gasteiger partial charge in [-0.1, -0.05) is 0 Å². The average Bonchev–Trinajstić information content (AvgIpc) is 2.77. The number of hydrogen-bond acceptors (Lipinski definition) is 5. The van der Waals surface area contributed by atoms with Crippen molar-refractivity contribution in [2.45, 2.75) is 12.7 Å². The van der Waals surface area contributed by atoms with Crippen LogP contribution in [0.25, 0.3) is 0 Å². The Morgan fingerprint density at radius 1 is 0.938 bits per heavy atom. The van der Waals surface area contributed by atoms with E-state index in [1.54, 1.807) is 21.3 Å². The minimum atomic E-state index is -4.36. The number of nitrogens with one attached hydrogen (secondary N) is 2. The van der Waals surface area contributed by atoms with Gasteiger partial charge in [0.05, 0.1) is 33.4 Å². The van der Waals surface area contributed by atoms with Gasteiger partial charge in [-0.05, 0) is 42.0 Å². The fraction of sp³-hybridized carbons (Fsp3) is 0.381. The predicted octanol–water partition coefficient (Wildman–Crippen LogP) is 4.09. The lowest BCUT2D eigenvalue weighted by Crippen LogP contribution is -2.38. The largest absolute Gasteiger partial charge is 0.493 e. The summed E-state index contributed by atoms with van der Waals surface area (Å²) in [5, 5.41) is 6.23. The number of benzene rings is 2. The highest BCUT2D eigenvalue weighted by molar-refractivity contribution is 14.0. The van der Waals surface area contributed by atoms with Crippen LogP contribution >= 0.6 is 24.0 Å². The van der Waals surface area contributed by atoms with E-state index in [0.717, 1.165) is 17.7 Å². The van der Waals surface area contributed by atoms with E-state index in [4.69, 9.17) is 18.9 Å². The van der Waals surface area contributed by atoms with Crippen molar-refractivity contribution in [3.05, 3.63) is 47.5 Å². The first-order chi connectivity index (χ1) is 14.8. The standard InChI is InChI=1S/C21H26F3N3O4.HI/c1-25-20(26-9-10-31-16-7-5-15(6-8-16)21(22,23)24)27-13-14-11-17(28-2)19(30-4)18(12-14)29-3;/h5-8,11-12H,9-10,13H2,1-4H3,(H2,25,26,27);1H. The first kappa shape index (κ1) is 27.5. The van der Waals surface area contributed by atoms with Crippen molar-refractivity contribution in [3.8, 4) is 23.0 Å². The van der Waals surface area contributed by atoms with Crippen LogP contribution in [-0.2, 0) is 12.7 Å². The molecule has 11 heteroatoms. The minimum absolute atomic E-state index is 0. The van der Waals surface area contributed by atoms with Crippen LogP contribution in [0.15, 0.2) is 41.4 Å². The van der Waals surface area contributed by atoms with E-state index in [1.165, 1.54) is 19.2 Å². The van der Waals surface area contributed by atoms with Crippen molar-refractivity contribution in [2.24, 2.45) is 4.99 Å². The van der Waals surface area contributed by atoms with Crippen molar-refractivity contribution < 1.29 is 32.1 Å². The summed E-state index contributed by atoms with van der Waals surface area (Å²) in [6.07, 6.45) is -4.36. The SMILES string of the molecule is CN=C(NCCOc1ccc(C(F)(F)F)cc1)NCc1cc(OC)c(OC)c(OC)c1.I. The minimum Gasteiger partial charge on any atom is -0.493 e. The number of guanidine groups is 1. The molecule has 0 heterocycles. The molecule has 0 saturated heterocycles. The molecule has 0 aliphatic carbocycles. The Morgan fingerprint density at radius 2 is 1.53 bits per heavy atom. The average molecular weight is 569 g/mol. The Morgan fingerprint density at radius 3 is 2.00 bits per heavy atom. The molecular weight excluding hydrogens is 542 g/mol. The number of ether oxygens (including phenoxy) is 4. The fourth-order valence-electron chi connectivity index (χ4n) is 2.72. The third-order valence-electron chi connectivity index (χ3n) is 4.25. The summed E-state index contributed by atoms with van der Waals surface area (Å²) in [5.74, 6) is 2.50. The number of rotatable bonds is 9. The van der Waals surface area contributed by atoms with Gasteiger partial charge >= 0.3 is 6.18 Å². The quantitative estimate of drug-likeness (QED) is 0.205. The second kappa shape index (κ2) is 13.1. The van der Waals surface area contributed by atoms with Gasteiger partial charge in [0, 0.05) is 13.6 Å². The number of hydrogen-bond donors (Lipinski definition) is 2. The summed E-state index contributed by atoms with van der Waals surface area (Å²) in [6.45, 7) is 1.09. The lowest BCUT2D eigenvalue weighted by atomic mass is 10.2. The van der Waals surface area contributed by atoms with Gasteiger partial charge in [0.1, 0.15) is 12.4 Å². The highest BCUT2D eigenvalue weighted by Gasteiger charge is 2.30. The van der Waals surface area contributed by atoms with Crippen molar-refractivity contribution in [2.75, 3.05) is 41.5 Å². The summed E-state index contributed by atoms with van der Waals surface area (Å²) in [7, 11) is 6.26. The lowest BCUT2D eigenvalue weighted by molar-refractivity contribution is -0.137. The molecule has 2 rings (SSSR count). The molecule has 0 unspecified atom stereocenters. The Labute approximate surface area is 202 Å². The molecule has 0 aromatic heterocycles. The van der Waals surface area contributed by atoms with Crippen LogP contribution in [0, 0.1) is 0 Å². The third kappa shape index (κ3) is 7.84. The Kier molecular flexibility index (Phi) is 11.2. The second-order valence-electron chi connectivity index (χ2n) is 6.26. The van der Waals surface area contributed by atoms with Crippen LogP contribution in [0.4, 0.5) is 13.2 Å².